The van der Waals surface area contributed by atoms with Gasteiger partial charge in [-0.15, -0.1) is 11.3 Å². The molecule has 108 valence electrons. The maximum absolute atomic E-state index is 11.9. The SMILES string of the molecule is N=C/C(=C\N)c1nc(C(=O)NCC2CNCCO2)cs1. The summed E-state index contributed by atoms with van der Waals surface area (Å²) in [6.45, 7) is 2.68. The lowest BCUT2D eigenvalue weighted by molar-refractivity contribution is 0.0287. The fourth-order valence-electron chi connectivity index (χ4n) is 1.74. The summed E-state index contributed by atoms with van der Waals surface area (Å²) in [4.78, 5) is 16.1. The lowest BCUT2D eigenvalue weighted by Gasteiger charge is -2.23. The summed E-state index contributed by atoms with van der Waals surface area (Å²) in [7, 11) is 0. The predicted octanol–water partition coefficient (Wildman–Crippen LogP) is -0.190. The number of morpholine rings is 1. The summed E-state index contributed by atoms with van der Waals surface area (Å²) in [5.74, 6) is -0.247. The maximum Gasteiger partial charge on any atom is 0.270 e. The standard InChI is InChI=1S/C12H17N5O2S/c13-3-8(4-14)12-17-10(7-20-12)11(18)16-6-9-5-15-1-2-19-9/h3-4,7,9,13,15H,1-2,5-6,14H2,(H,16,18)/b8-4+,13-3?. The third-order valence-corrected chi connectivity index (χ3v) is 3.70. The summed E-state index contributed by atoms with van der Waals surface area (Å²) in [5, 5.41) is 15.4. The highest BCUT2D eigenvalue weighted by Gasteiger charge is 2.16. The average Bonchev–Trinajstić information content (AvgIpc) is 2.97. The molecule has 1 amide bonds. The number of aromatic nitrogens is 1. The van der Waals surface area contributed by atoms with Gasteiger partial charge in [0.25, 0.3) is 5.91 Å². The smallest absolute Gasteiger partial charge is 0.270 e. The van der Waals surface area contributed by atoms with Crippen LogP contribution < -0.4 is 16.4 Å². The van der Waals surface area contributed by atoms with Crippen LogP contribution in [-0.4, -0.2) is 49.5 Å². The van der Waals surface area contributed by atoms with Crippen molar-refractivity contribution in [1.82, 2.24) is 15.6 Å². The van der Waals surface area contributed by atoms with E-state index < -0.39 is 0 Å². The van der Waals surface area contributed by atoms with Crippen LogP contribution in [0.15, 0.2) is 11.6 Å². The zero-order valence-electron chi connectivity index (χ0n) is 10.9. The number of nitrogens with zero attached hydrogens (tertiary/aromatic N) is 1. The van der Waals surface area contributed by atoms with Crippen LogP contribution in [0.2, 0.25) is 0 Å². The molecule has 1 aromatic rings. The summed E-state index contributed by atoms with van der Waals surface area (Å²) >= 11 is 1.28. The van der Waals surface area contributed by atoms with Crippen molar-refractivity contribution in [2.75, 3.05) is 26.2 Å². The third-order valence-electron chi connectivity index (χ3n) is 2.81. The number of allylic oxidation sites excluding steroid dienone is 1. The predicted molar refractivity (Wildman–Crippen MR) is 78.0 cm³/mol. The highest BCUT2D eigenvalue weighted by atomic mass is 32.1. The topological polar surface area (TPSA) is 113 Å². The van der Waals surface area contributed by atoms with Crippen LogP contribution in [0.25, 0.3) is 5.57 Å². The monoisotopic (exact) mass is 295 g/mol. The van der Waals surface area contributed by atoms with Gasteiger partial charge in [0.05, 0.1) is 12.7 Å². The van der Waals surface area contributed by atoms with E-state index in [9.17, 15) is 4.79 Å². The van der Waals surface area contributed by atoms with Crippen LogP contribution >= 0.6 is 11.3 Å². The van der Waals surface area contributed by atoms with Gasteiger partial charge in [0, 0.05) is 43.0 Å². The van der Waals surface area contributed by atoms with Crippen LogP contribution in [0.4, 0.5) is 0 Å². The van der Waals surface area contributed by atoms with Crippen molar-refractivity contribution < 1.29 is 9.53 Å². The highest BCUT2D eigenvalue weighted by Crippen LogP contribution is 2.17. The van der Waals surface area contributed by atoms with Crippen molar-refractivity contribution in [2.24, 2.45) is 5.73 Å². The zero-order valence-corrected chi connectivity index (χ0v) is 11.7. The van der Waals surface area contributed by atoms with E-state index in [1.165, 1.54) is 17.5 Å². The molecule has 0 radical (unpaired) electrons. The van der Waals surface area contributed by atoms with Gasteiger partial charge in [0.1, 0.15) is 10.7 Å². The van der Waals surface area contributed by atoms with Crippen LogP contribution in [0.5, 0.6) is 0 Å². The van der Waals surface area contributed by atoms with E-state index in [0.29, 0.717) is 29.4 Å². The molecule has 1 unspecified atom stereocenters. The van der Waals surface area contributed by atoms with E-state index in [0.717, 1.165) is 19.3 Å². The number of carbonyl (C=O) groups excluding carboxylic acids is 1. The molecule has 0 bridgehead atoms. The molecule has 8 heteroatoms. The van der Waals surface area contributed by atoms with Crippen molar-refractivity contribution in [3.05, 3.63) is 22.3 Å². The Labute approximate surface area is 120 Å². The Bertz CT molecular complexity index is 508. The Hall–Kier alpha value is -1.77. The maximum atomic E-state index is 11.9. The number of carbonyl (C=O) groups is 1. The van der Waals surface area contributed by atoms with Crippen LogP contribution in [0.3, 0.4) is 0 Å². The van der Waals surface area contributed by atoms with Crippen molar-refractivity contribution in [3.8, 4) is 0 Å². The molecule has 20 heavy (non-hydrogen) atoms. The Balaban J connectivity index is 1.90. The Morgan fingerprint density at radius 2 is 2.60 bits per heavy atom. The first-order valence-corrected chi connectivity index (χ1v) is 7.11. The largest absolute Gasteiger partial charge is 0.404 e. The average molecular weight is 295 g/mol. The summed E-state index contributed by atoms with van der Waals surface area (Å²) in [6.07, 6.45) is 2.41. The van der Waals surface area contributed by atoms with Gasteiger partial charge in [-0.05, 0) is 0 Å². The van der Waals surface area contributed by atoms with E-state index in [1.54, 1.807) is 5.38 Å². The van der Waals surface area contributed by atoms with Crippen molar-refractivity contribution in [2.45, 2.75) is 6.10 Å². The molecule has 1 aliphatic rings. The Morgan fingerprint density at radius 3 is 3.25 bits per heavy atom. The molecule has 5 N–H and O–H groups in total. The van der Waals surface area contributed by atoms with Crippen LogP contribution in [-0.2, 0) is 4.74 Å². The quantitative estimate of drug-likeness (QED) is 0.562. The fraction of sp³-hybridized carbons (Fsp3) is 0.417. The number of amides is 1. The molecule has 1 atom stereocenters. The van der Waals surface area contributed by atoms with E-state index in [1.807, 2.05) is 0 Å². The van der Waals surface area contributed by atoms with E-state index in [2.05, 4.69) is 15.6 Å². The van der Waals surface area contributed by atoms with Crippen molar-refractivity contribution in [1.29, 1.82) is 5.41 Å². The van der Waals surface area contributed by atoms with Crippen LogP contribution in [0.1, 0.15) is 15.5 Å². The summed E-state index contributed by atoms with van der Waals surface area (Å²) in [5.41, 5.74) is 6.21. The molecule has 1 aliphatic heterocycles. The van der Waals surface area contributed by atoms with E-state index in [-0.39, 0.29) is 12.0 Å². The number of hydrogen-bond donors (Lipinski definition) is 4. The second-order valence-electron chi connectivity index (χ2n) is 4.21. The minimum absolute atomic E-state index is 0.00752. The molecule has 0 aliphatic carbocycles. The molecule has 1 fully saturated rings. The van der Waals surface area contributed by atoms with Gasteiger partial charge in [0.2, 0.25) is 0 Å². The Kier molecular flexibility index (Phi) is 5.22. The summed E-state index contributed by atoms with van der Waals surface area (Å²) in [6, 6.07) is 0. The first-order valence-electron chi connectivity index (χ1n) is 6.23. The third kappa shape index (κ3) is 3.62. The molecule has 7 nitrogen and oxygen atoms in total. The number of nitrogens with one attached hydrogen (secondary N) is 3. The van der Waals surface area contributed by atoms with Crippen molar-refractivity contribution >= 4 is 29.0 Å². The molecule has 1 aromatic heterocycles. The molecule has 1 saturated heterocycles. The molecule has 0 aromatic carbocycles. The Morgan fingerprint density at radius 1 is 1.75 bits per heavy atom. The zero-order chi connectivity index (χ0) is 14.4. The molecular formula is C12H17N5O2S. The van der Waals surface area contributed by atoms with Gasteiger partial charge in [0.15, 0.2) is 0 Å². The van der Waals surface area contributed by atoms with Gasteiger partial charge in [-0.1, -0.05) is 0 Å². The lowest BCUT2D eigenvalue weighted by atomic mass is 10.3. The van der Waals surface area contributed by atoms with Crippen molar-refractivity contribution in [3.63, 3.8) is 0 Å². The van der Waals surface area contributed by atoms with Gasteiger partial charge >= 0.3 is 0 Å². The minimum Gasteiger partial charge on any atom is -0.404 e. The van der Waals surface area contributed by atoms with Crippen LogP contribution in [0, 0.1) is 5.41 Å². The number of thiazole rings is 1. The summed E-state index contributed by atoms with van der Waals surface area (Å²) < 4.78 is 5.49. The van der Waals surface area contributed by atoms with Gasteiger partial charge in [-0.2, -0.15) is 0 Å². The number of hydrogen-bond acceptors (Lipinski definition) is 7. The van der Waals surface area contributed by atoms with Gasteiger partial charge < -0.3 is 26.5 Å². The number of ether oxygens (including phenoxy) is 1. The lowest BCUT2D eigenvalue weighted by Crippen LogP contribution is -2.45. The first kappa shape index (κ1) is 14.6. The number of nitrogens with two attached hydrogens (primary N) is 1. The van der Waals surface area contributed by atoms with E-state index in [4.69, 9.17) is 15.9 Å². The minimum atomic E-state index is -0.247. The second-order valence-corrected chi connectivity index (χ2v) is 5.07. The molecule has 0 saturated carbocycles. The van der Waals surface area contributed by atoms with Gasteiger partial charge in [-0.3, -0.25) is 4.79 Å². The highest BCUT2D eigenvalue weighted by molar-refractivity contribution is 7.11. The first-order chi connectivity index (χ1) is 9.74. The number of rotatable bonds is 5. The van der Waals surface area contributed by atoms with Gasteiger partial charge in [-0.25, -0.2) is 4.98 Å². The normalized spacial score (nSPS) is 19.6. The second kappa shape index (κ2) is 7.13. The molecule has 2 heterocycles. The molecule has 0 spiro atoms. The van der Waals surface area contributed by atoms with E-state index >= 15 is 0 Å². The fourth-order valence-corrected chi connectivity index (χ4v) is 2.54. The molecule has 2 rings (SSSR count). The molecular weight excluding hydrogens is 278 g/mol.